The number of halogens is 2. The predicted octanol–water partition coefficient (Wildman–Crippen LogP) is 6.25. The van der Waals surface area contributed by atoms with Gasteiger partial charge in [0.15, 0.2) is 0 Å². The molecule has 0 spiro atoms. The highest BCUT2D eigenvalue weighted by Gasteiger charge is 2.33. The fourth-order valence-electron chi connectivity index (χ4n) is 4.14. The summed E-state index contributed by atoms with van der Waals surface area (Å²) in [5.41, 5.74) is 0.837. The third-order valence-electron chi connectivity index (χ3n) is 6.41. The summed E-state index contributed by atoms with van der Waals surface area (Å²) in [6, 6.07) is 17.1. The van der Waals surface area contributed by atoms with Crippen LogP contribution in [-0.4, -0.2) is 57.1 Å². The van der Waals surface area contributed by atoms with E-state index in [1.54, 1.807) is 68.4 Å². The minimum atomic E-state index is -4.24. The Labute approximate surface area is 262 Å². The third kappa shape index (κ3) is 8.34. The van der Waals surface area contributed by atoms with Gasteiger partial charge in [-0.05, 0) is 80.6 Å². The van der Waals surface area contributed by atoms with Gasteiger partial charge in [-0.2, -0.15) is 0 Å². The minimum Gasteiger partial charge on any atom is -0.492 e. The van der Waals surface area contributed by atoms with E-state index in [4.69, 9.17) is 27.9 Å². The van der Waals surface area contributed by atoms with E-state index in [0.29, 0.717) is 34.5 Å². The normalized spacial score (nSPS) is 12.0. The molecule has 12 heteroatoms. The number of anilines is 1. The van der Waals surface area contributed by atoms with Gasteiger partial charge in [-0.25, -0.2) is 8.42 Å². The number of hydrogen-bond donors (Lipinski definition) is 1. The molecule has 0 fully saturated rings. The lowest BCUT2D eigenvalue weighted by Crippen LogP contribution is -2.51. The number of nitrogens with one attached hydrogen (secondary N) is 1. The zero-order valence-electron chi connectivity index (χ0n) is 24.0. The molecular formula is C30H35Cl2N3O5S2. The van der Waals surface area contributed by atoms with Crippen molar-refractivity contribution in [3.05, 3.63) is 82.3 Å². The van der Waals surface area contributed by atoms with Crippen LogP contribution in [0, 0.1) is 0 Å². The van der Waals surface area contributed by atoms with E-state index < -0.39 is 28.5 Å². The first-order chi connectivity index (χ1) is 20.0. The Bertz CT molecular complexity index is 1490. The van der Waals surface area contributed by atoms with Crippen LogP contribution in [0.15, 0.2) is 76.5 Å². The number of hydrogen-bond acceptors (Lipinski definition) is 6. The zero-order valence-corrected chi connectivity index (χ0v) is 27.1. The summed E-state index contributed by atoms with van der Waals surface area (Å²) < 4.78 is 35.0. The maximum absolute atomic E-state index is 14.1. The molecule has 0 aliphatic heterocycles. The first kappa shape index (κ1) is 33.6. The van der Waals surface area contributed by atoms with Crippen molar-refractivity contribution in [3.63, 3.8) is 0 Å². The number of rotatable bonds is 14. The Kier molecular flexibility index (Phi) is 12.4. The van der Waals surface area contributed by atoms with Gasteiger partial charge in [0.05, 0.1) is 27.2 Å². The van der Waals surface area contributed by atoms with Crippen molar-refractivity contribution in [3.8, 4) is 5.75 Å². The number of benzene rings is 3. The molecule has 0 saturated carbocycles. The average Bonchev–Trinajstić information content (AvgIpc) is 2.99. The van der Waals surface area contributed by atoms with Crippen LogP contribution in [0.3, 0.4) is 0 Å². The molecule has 0 radical (unpaired) electrons. The van der Waals surface area contributed by atoms with Gasteiger partial charge in [0.25, 0.3) is 10.0 Å². The number of ether oxygens (including phenoxy) is 1. The molecule has 2 amide bonds. The van der Waals surface area contributed by atoms with Crippen LogP contribution in [0.2, 0.25) is 10.0 Å². The molecule has 42 heavy (non-hydrogen) atoms. The number of amides is 2. The number of nitrogens with zero attached hydrogens (tertiary/aromatic N) is 2. The van der Waals surface area contributed by atoms with E-state index in [1.165, 1.54) is 28.8 Å². The molecule has 1 N–H and O–H groups in total. The van der Waals surface area contributed by atoms with Crippen LogP contribution in [0.5, 0.6) is 5.75 Å². The lowest BCUT2D eigenvalue weighted by molar-refractivity contribution is -0.139. The number of thioether (sulfide) groups is 1. The molecule has 0 aliphatic carbocycles. The van der Waals surface area contributed by atoms with Crippen molar-refractivity contribution < 1.29 is 22.7 Å². The molecular weight excluding hydrogens is 617 g/mol. The van der Waals surface area contributed by atoms with Gasteiger partial charge >= 0.3 is 0 Å². The number of para-hydroxylation sites is 2. The van der Waals surface area contributed by atoms with Crippen LogP contribution in [0.25, 0.3) is 0 Å². The van der Waals surface area contributed by atoms with Gasteiger partial charge in [0.2, 0.25) is 11.8 Å². The Balaban J connectivity index is 2.08. The fraction of sp³-hybridized carbons (Fsp3) is 0.333. The molecule has 3 rings (SSSR count). The van der Waals surface area contributed by atoms with E-state index in [-0.39, 0.29) is 23.0 Å². The molecule has 3 aromatic carbocycles. The summed E-state index contributed by atoms with van der Waals surface area (Å²) in [6.45, 7) is 5.47. The largest absolute Gasteiger partial charge is 0.492 e. The van der Waals surface area contributed by atoms with Gasteiger partial charge in [0, 0.05) is 18.0 Å². The van der Waals surface area contributed by atoms with Gasteiger partial charge in [-0.1, -0.05) is 48.3 Å². The predicted molar refractivity (Wildman–Crippen MR) is 170 cm³/mol. The second kappa shape index (κ2) is 15.5. The molecule has 1 atom stereocenters. The molecule has 1 unspecified atom stereocenters. The molecule has 0 bridgehead atoms. The lowest BCUT2D eigenvalue weighted by atomic mass is 10.1. The Morgan fingerprint density at radius 3 is 2.31 bits per heavy atom. The van der Waals surface area contributed by atoms with Gasteiger partial charge in [0.1, 0.15) is 18.3 Å². The first-order valence-electron chi connectivity index (χ1n) is 13.4. The quantitative estimate of drug-likeness (QED) is 0.207. The van der Waals surface area contributed by atoms with Crippen LogP contribution in [0.1, 0.15) is 32.8 Å². The standard InChI is InChI=1S/C30H35Cl2N3O5S2/c1-5-17-33-30(37)21(3)34(19-22-11-16-25(31)26(32)18-22)29(36)20-35(27-9-7-8-10-28(27)40-6-2)42(38,39)24-14-12-23(41-4)13-15-24/h7-16,18,21H,5-6,17,19-20H2,1-4H3,(H,33,37). The maximum atomic E-state index is 14.1. The molecule has 8 nitrogen and oxygen atoms in total. The third-order valence-corrected chi connectivity index (χ3v) is 9.67. The van der Waals surface area contributed by atoms with Crippen molar-refractivity contribution in [2.45, 2.75) is 49.6 Å². The minimum absolute atomic E-state index is 0.000150. The van der Waals surface area contributed by atoms with Crippen molar-refractivity contribution in [2.24, 2.45) is 0 Å². The Hall–Kier alpha value is -2.92. The SMILES string of the molecule is CCCNC(=O)C(C)N(Cc1ccc(Cl)c(Cl)c1)C(=O)CN(c1ccccc1OCC)S(=O)(=O)c1ccc(SC)cc1. The van der Waals surface area contributed by atoms with E-state index >= 15 is 0 Å². The molecule has 0 saturated heterocycles. The molecule has 0 aliphatic rings. The topological polar surface area (TPSA) is 96.0 Å². The summed E-state index contributed by atoms with van der Waals surface area (Å²) >= 11 is 13.8. The molecule has 3 aromatic rings. The molecule has 0 heterocycles. The first-order valence-corrected chi connectivity index (χ1v) is 16.8. The van der Waals surface area contributed by atoms with Crippen LogP contribution in [0.4, 0.5) is 5.69 Å². The van der Waals surface area contributed by atoms with E-state index in [1.807, 2.05) is 13.2 Å². The monoisotopic (exact) mass is 651 g/mol. The zero-order chi connectivity index (χ0) is 30.9. The summed E-state index contributed by atoms with van der Waals surface area (Å²) in [4.78, 5) is 29.4. The average molecular weight is 653 g/mol. The second-order valence-corrected chi connectivity index (χ2v) is 12.9. The number of carbonyl (C=O) groups excluding carboxylic acids is 2. The summed E-state index contributed by atoms with van der Waals surface area (Å²) in [5.74, 6) is -0.639. The maximum Gasteiger partial charge on any atom is 0.264 e. The van der Waals surface area contributed by atoms with Crippen molar-refractivity contribution >= 4 is 62.5 Å². The highest BCUT2D eigenvalue weighted by molar-refractivity contribution is 7.98. The summed E-state index contributed by atoms with van der Waals surface area (Å²) in [6.07, 6.45) is 2.61. The Morgan fingerprint density at radius 2 is 1.69 bits per heavy atom. The van der Waals surface area contributed by atoms with Gasteiger partial charge in [-0.15, -0.1) is 11.8 Å². The highest BCUT2D eigenvalue weighted by atomic mass is 35.5. The smallest absolute Gasteiger partial charge is 0.264 e. The number of carbonyl (C=O) groups is 2. The van der Waals surface area contributed by atoms with Crippen LogP contribution in [-0.2, 0) is 26.2 Å². The van der Waals surface area contributed by atoms with E-state index in [0.717, 1.165) is 15.6 Å². The number of sulfonamides is 1. The fourth-order valence-corrected chi connectivity index (χ4v) is 6.30. The van der Waals surface area contributed by atoms with E-state index in [9.17, 15) is 18.0 Å². The molecule has 0 aromatic heterocycles. The van der Waals surface area contributed by atoms with E-state index in [2.05, 4.69) is 5.32 Å². The summed E-state index contributed by atoms with van der Waals surface area (Å²) in [5, 5.41) is 3.47. The van der Waals surface area contributed by atoms with Gasteiger partial charge < -0.3 is 15.0 Å². The van der Waals surface area contributed by atoms with Crippen LogP contribution < -0.4 is 14.4 Å². The van der Waals surface area contributed by atoms with Crippen molar-refractivity contribution in [1.82, 2.24) is 10.2 Å². The van der Waals surface area contributed by atoms with Gasteiger partial charge in [-0.3, -0.25) is 13.9 Å². The highest BCUT2D eigenvalue weighted by Crippen LogP contribution is 2.33. The molecule has 226 valence electrons. The second-order valence-electron chi connectivity index (χ2n) is 9.33. The van der Waals surface area contributed by atoms with Crippen molar-refractivity contribution in [2.75, 3.05) is 30.3 Å². The van der Waals surface area contributed by atoms with Crippen molar-refractivity contribution in [1.29, 1.82) is 0 Å². The summed E-state index contributed by atoms with van der Waals surface area (Å²) in [7, 11) is -4.24. The Morgan fingerprint density at radius 1 is 1.00 bits per heavy atom. The van der Waals surface area contributed by atoms with Crippen LogP contribution >= 0.6 is 35.0 Å². The lowest BCUT2D eigenvalue weighted by Gasteiger charge is -2.32.